The van der Waals surface area contributed by atoms with E-state index in [-0.39, 0.29) is 25.0 Å². The van der Waals surface area contributed by atoms with Crippen LogP contribution in [0.15, 0.2) is 11.6 Å². The third kappa shape index (κ3) is 4.52. The van der Waals surface area contributed by atoms with Crippen molar-refractivity contribution in [1.82, 2.24) is 0 Å². The molecule has 5 heteroatoms. The van der Waals surface area contributed by atoms with Gasteiger partial charge in [-0.3, -0.25) is 0 Å². The van der Waals surface area contributed by atoms with E-state index in [1.54, 1.807) is 0 Å². The van der Waals surface area contributed by atoms with Gasteiger partial charge in [-0.25, -0.2) is 0 Å². The quantitative estimate of drug-likeness (QED) is 0.210. The molecule has 12 atom stereocenters. The van der Waals surface area contributed by atoms with Crippen LogP contribution in [0.5, 0.6) is 0 Å². The number of fused-ring (bicyclic) bond motifs is 5. The number of alkyl halides is 4. The molecule has 4 saturated carbocycles. The molecule has 0 aromatic rings. The zero-order chi connectivity index (χ0) is 27.7. The van der Waals surface area contributed by atoms with Crippen LogP contribution < -0.4 is 0 Å². The van der Waals surface area contributed by atoms with Crippen molar-refractivity contribution in [3.05, 3.63) is 11.6 Å². The van der Waals surface area contributed by atoms with Crippen LogP contribution in [-0.4, -0.2) is 29.5 Å². The molecule has 1 N–H and O–H groups in total. The third-order valence-corrected chi connectivity index (χ3v) is 20.8. The Morgan fingerprint density at radius 1 is 0.947 bits per heavy atom. The molecule has 0 spiro atoms. The van der Waals surface area contributed by atoms with Crippen molar-refractivity contribution >= 4 is 63.7 Å². The van der Waals surface area contributed by atoms with E-state index in [1.165, 1.54) is 76.2 Å². The van der Waals surface area contributed by atoms with Gasteiger partial charge in [-0.2, -0.15) is 0 Å². The number of allylic oxidation sites excluding steroid dienone is 1. The Morgan fingerprint density at radius 2 is 1.68 bits per heavy atom. The summed E-state index contributed by atoms with van der Waals surface area (Å²) in [5, 5.41) is 11.4. The molecule has 5 aliphatic carbocycles. The molecule has 0 aromatic carbocycles. The van der Waals surface area contributed by atoms with E-state index in [0.29, 0.717) is 16.2 Å². The van der Waals surface area contributed by atoms with Crippen molar-refractivity contribution in [2.24, 2.45) is 46.3 Å². The van der Waals surface area contributed by atoms with Crippen LogP contribution in [0.4, 0.5) is 0 Å². The molecule has 0 saturated heterocycles. The zero-order valence-corrected chi connectivity index (χ0v) is 30.8. The number of hydrogen-bond donors (Lipinski definition) is 1. The molecule has 0 bridgehead atoms. The topological polar surface area (TPSA) is 20.2 Å². The largest absolute Gasteiger partial charge is 0.392 e. The maximum atomic E-state index is 11.4. The van der Waals surface area contributed by atoms with Crippen LogP contribution in [0.1, 0.15) is 118 Å². The highest BCUT2D eigenvalue weighted by Crippen LogP contribution is 2.74. The Morgan fingerprint density at radius 3 is 2.37 bits per heavy atom. The summed E-state index contributed by atoms with van der Waals surface area (Å²) in [7, 11) is 0. The van der Waals surface area contributed by atoms with Gasteiger partial charge in [0, 0.05) is 10.2 Å². The van der Waals surface area contributed by atoms with Crippen LogP contribution in [0.3, 0.4) is 0 Å². The van der Waals surface area contributed by atoms with Crippen molar-refractivity contribution in [3.8, 4) is 0 Å². The Bertz CT molecular complexity index is 905. The molecule has 0 aliphatic heterocycles. The van der Waals surface area contributed by atoms with Gasteiger partial charge in [-0.05, 0) is 92.3 Å². The molecule has 0 aromatic heterocycles. The summed E-state index contributed by atoms with van der Waals surface area (Å²) in [5.41, 5.74) is 2.04. The zero-order valence-electron chi connectivity index (χ0n) is 24.4. The SMILES string of the molecule is CC(C)CCC[C@@H](C)[C@H]1CC[C@H]2[C@@H]3CC=C4C[C@@H](O)C(Br)C(Br)(C5(Br)CCCCC5Br)[C@]4(C)[C@H]3CC[C@]12C. The average Bonchev–Trinajstić information content (AvgIpc) is 3.22. The lowest BCUT2D eigenvalue weighted by atomic mass is 9.43. The Balaban J connectivity index is 1.48. The van der Waals surface area contributed by atoms with Gasteiger partial charge in [0.2, 0.25) is 0 Å². The summed E-state index contributed by atoms with van der Waals surface area (Å²) in [5.74, 6) is 4.82. The fourth-order valence-electron chi connectivity index (χ4n) is 10.9. The number of halogens is 4. The molecule has 4 fully saturated rings. The summed E-state index contributed by atoms with van der Waals surface area (Å²) in [4.78, 5) is 0.405. The van der Waals surface area contributed by atoms with Gasteiger partial charge in [0.1, 0.15) is 0 Å². The first-order chi connectivity index (χ1) is 17.8. The maximum Gasteiger partial charge on any atom is 0.0716 e. The van der Waals surface area contributed by atoms with Gasteiger partial charge in [-0.1, -0.05) is 142 Å². The average molecular weight is 784 g/mol. The summed E-state index contributed by atoms with van der Waals surface area (Å²) >= 11 is 17.3. The molecule has 1 nitrogen and oxygen atoms in total. The fraction of sp³-hybridized carbons (Fsp3) is 0.939. The minimum atomic E-state index is -0.363. The van der Waals surface area contributed by atoms with E-state index in [4.69, 9.17) is 0 Å². The normalized spacial score (nSPS) is 51.7. The minimum Gasteiger partial charge on any atom is -0.392 e. The summed E-state index contributed by atoms with van der Waals surface area (Å²) in [6.07, 6.45) is 18.9. The fourth-order valence-corrected chi connectivity index (χ4v) is 16.0. The molecular weight excluding hydrogens is 732 g/mol. The molecular formula is C33H52Br4O. The first kappa shape index (κ1) is 31.1. The van der Waals surface area contributed by atoms with E-state index in [1.807, 2.05) is 0 Å². The Labute approximate surface area is 267 Å². The number of aliphatic hydroxyl groups is 1. The van der Waals surface area contributed by atoms with Crippen LogP contribution in [0, 0.1) is 46.3 Å². The second-order valence-electron chi connectivity index (χ2n) is 15.0. The molecule has 218 valence electrons. The smallest absolute Gasteiger partial charge is 0.0716 e. The molecule has 38 heavy (non-hydrogen) atoms. The Kier molecular flexibility index (Phi) is 9.22. The summed E-state index contributed by atoms with van der Waals surface area (Å²) in [6, 6.07) is 0. The number of rotatable bonds is 6. The highest BCUT2D eigenvalue weighted by atomic mass is 79.9. The van der Waals surface area contributed by atoms with Crippen LogP contribution >= 0.6 is 63.7 Å². The van der Waals surface area contributed by atoms with Crippen LogP contribution in [0.25, 0.3) is 0 Å². The molecule has 0 amide bonds. The van der Waals surface area contributed by atoms with E-state index < -0.39 is 0 Å². The second kappa shape index (κ2) is 11.3. The highest BCUT2D eigenvalue weighted by molar-refractivity contribution is 9.15. The van der Waals surface area contributed by atoms with Crippen molar-refractivity contribution in [3.63, 3.8) is 0 Å². The standard InChI is InChI=1S/C33H52Br4O/c1-20(2)9-8-10-21(3)24-14-15-25-23-13-12-22-19-27(38)29(35)33(37,32(36)17-7-6-11-28(32)34)31(22,5)26(23)16-18-30(24,25)4/h12,20-21,23-29,38H,6-11,13-19H2,1-5H3/t21-,23+,24-,25+,26+,27-,28?,29?,30-,31+,32?,33?/m1/s1. The first-order valence-electron chi connectivity index (χ1n) is 15.9. The third-order valence-electron chi connectivity index (χ3n) is 12.9. The molecule has 5 rings (SSSR count). The van der Waals surface area contributed by atoms with Gasteiger partial charge in [0.05, 0.1) is 19.6 Å². The first-order valence-corrected chi connectivity index (χ1v) is 19.3. The summed E-state index contributed by atoms with van der Waals surface area (Å²) < 4.78 is -0.363. The van der Waals surface area contributed by atoms with Crippen molar-refractivity contribution in [2.75, 3.05) is 0 Å². The number of hydrogen-bond acceptors (Lipinski definition) is 1. The van der Waals surface area contributed by atoms with Gasteiger partial charge in [0.15, 0.2) is 0 Å². The molecule has 0 heterocycles. The highest BCUT2D eigenvalue weighted by Gasteiger charge is 2.73. The Hall–Kier alpha value is 1.62. The van der Waals surface area contributed by atoms with E-state index in [0.717, 1.165) is 42.4 Å². The van der Waals surface area contributed by atoms with Gasteiger partial charge in [-0.15, -0.1) is 0 Å². The maximum absolute atomic E-state index is 11.4. The molecule has 5 aliphatic rings. The van der Waals surface area contributed by atoms with Crippen LogP contribution in [-0.2, 0) is 0 Å². The van der Waals surface area contributed by atoms with Crippen molar-refractivity contribution in [1.29, 1.82) is 0 Å². The van der Waals surface area contributed by atoms with Gasteiger partial charge < -0.3 is 5.11 Å². The predicted octanol–water partition coefficient (Wildman–Crippen LogP) is 11.0. The predicted molar refractivity (Wildman–Crippen MR) is 177 cm³/mol. The lowest BCUT2D eigenvalue weighted by Crippen LogP contribution is -2.73. The summed E-state index contributed by atoms with van der Waals surface area (Å²) in [6.45, 7) is 12.6. The van der Waals surface area contributed by atoms with Crippen molar-refractivity contribution < 1.29 is 5.11 Å². The van der Waals surface area contributed by atoms with Gasteiger partial charge in [0.25, 0.3) is 0 Å². The van der Waals surface area contributed by atoms with E-state index in [9.17, 15) is 5.11 Å². The second-order valence-corrected chi connectivity index (χ2v) is 19.8. The van der Waals surface area contributed by atoms with E-state index >= 15 is 0 Å². The molecule has 4 unspecified atom stereocenters. The lowest BCUT2D eigenvalue weighted by molar-refractivity contribution is -0.0732. The van der Waals surface area contributed by atoms with Gasteiger partial charge >= 0.3 is 0 Å². The minimum absolute atomic E-state index is 0.0124. The number of aliphatic hydroxyl groups excluding tert-OH is 1. The molecule has 0 radical (unpaired) electrons. The van der Waals surface area contributed by atoms with Crippen LogP contribution in [0.2, 0.25) is 0 Å². The van der Waals surface area contributed by atoms with Crippen molar-refractivity contribution in [2.45, 2.75) is 142 Å². The monoisotopic (exact) mass is 780 g/mol. The van der Waals surface area contributed by atoms with E-state index in [2.05, 4.69) is 104 Å². The lowest BCUT2D eigenvalue weighted by Gasteiger charge is -2.69.